The Labute approximate surface area is 188 Å². The molecule has 1 atom stereocenters. The SMILES string of the molecule is N#Cc1ccc(CCN[C@@H](C(=O)Nc2ccc(N3CCCC3)nc2)c2ccccc2)cc1. The molecule has 6 heteroatoms. The second kappa shape index (κ2) is 10.6. The van der Waals surface area contributed by atoms with Crippen molar-refractivity contribution < 1.29 is 4.79 Å². The normalized spacial score (nSPS) is 14.0. The fourth-order valence-corrected chi connectivity index (χ4v) is 3.92. The summed E-state index contributed by atoms with van der Waals surface area (Å²) in [5.41, 5.74) is 3.36. The number of pyridine rings is 1. The van der Waals surface area contributed by atoms with Crippen molar-refractivity contribution >= 4 is 17.4 Å². The maximum absolute atomic E-state index is 13.1. The molecule has 0 unspecified atom stereocenters. The van der Waals surface area contributed by atoms with Gasteiger partial charge in [0, 0.05) is 19.6 Å². The molecule has 2 heterocycles. The van der Waals surface area contributed by atoms with Crippen molar-refractivity contribution in [3.05, 3.63) is 89.6 Å². The van der Waals surface area contributed by atoms with Crippen molar-refractivity contribution in [1.82, 2.24) is 10.3 Å². The topological polar surface area (TPSA) is 81.0 Å². The van der Waals surface area contributed by atoms with Gasteiger partial charge in [0.25, 0.3) is 0 Å². The highest BCUT2D eigenvalue weighted by Crippen LogP contribution is 2.20. The Morgan fingerprint density at radius 1 is 1.03 bits per heavy atom. The van der Waals surface area contributed by atoms with Crippen LogP contribution >= 0.6 is 0 Å². The van der Waals surface area contributed by atoms with Crippen LogP contribution in [0.25, 0.3) is 0 Å². The van der Waals surface area contributed by atoms with Gasteiger partial charge in [-0.15, -0.1) is 0 Å². The molecule has 6 nitrogen and oxygen atoms in total. The van der Waals surface area contributed by atoms with Gasteiger partial charge in [-0.25, -0.2) is 4.98 Å². The third-order valence-corrected chi connectivity index (χ3v) is 5.69. The Hall–Kier alpha value is -3.69. The Kier molecular flexibility index (Phi) is 7.11. The Balaban J connectivity index is 1.40. The highest BCUT2D eigenvalue weighted by molar-refractivity contribution is 5.95. The highest BCUT2D eigenvalue weighted by Gasteiger charge is 2.20. The van der Waals surface area contributed by atoms with Gasteiger partial charge in [-0.05, 0) is 54.7 Å². The summed E-state index contributed by atoms with van der Waals surface area (Å²) in [6, 6.07) is 22.8. The molecule has 3 aromatic rings. The van der Waals surface area contributed by atoms with E-state index >= 15 is 0 Å². The first kappa shape index (κ1) is 21.5. The average Bonchev–Trinajstić information content (AvgIpc) is 3.38. The molecule has 1 aliphatic rings. The molecular formula is C26H27N5O. The highest BCUT2D eigenvalue weighted by atomic mass is 16.2. The summed E-state index contributed by atoms with van der Waals surface area (Å²) in [5, 5.41) is 15.3. The molecule has 1 aromatic heterocycles. The van der Waals surface area contributed by atoms with E-state index in [0.29, 0.717) is 17.8 Å². The first-order valence-corrected chi connectivity index (χ1v) is 11.0. The lowest BCUT2D eigenvalue weighted by Crippen LogP contribution is -2.34. The summed E-state index contributed by atoms with van der Waals surface area (Å²) in [5.74, 6) is 0.840. The summed E-state index contributed by atoms with van der Waals surface area (Å²) in [6.07, 6.45) is 4.89. The minimum absolute atomic E-state index is 0.119. The van der Waals surface area contributed by atoms with Gasteiger partial charge in [0.1, 0.15) is 11.9 Å². The zero-order valence-corrected chi connectivity index (χ0v) is 18.0. The molecule has 0 radical (unpaired) electrons. The first-order valence-electron chi connectivity index (χ1n) is 11.0. The molecule has 0 bridgehead atoms. The van der Waals surface area contributed by atoms with E-state index in [9.17, 15) is 4.79 Å². The van der Waals surface area contributed by atoms with Crippen LogP contribution in [0.5, 0.6) is 0 Å². The molecule has 1 amide bonds. The maximum atomic E-state index is 13.1. The van der Waals surface area contributed by atoms with Crippen molar-refractivity contribution in [3.63, 3.8) is 0 Å². The zero-order valence-electron chi connectivity index (χ0n) is 18.0. The number of nitrogens with one attached hydrogen (secondary N) is 2. The first-order chi connectivity index (χ1) is 15.7. The molecule has 0 aliphatic carbocycles. The molecular weight excluding hydrogens is 398 g/mol. The molecule has 1 fully saturated rings. The Morgan fingerprint density at radius 2 is 1.78 bits per heavy atom. The number of nitrogens with zero attached hydrogens (tertiary/aromatic N) is 3. The largest absolute Gasteiger partial charge is 0.357 e. The summed E-state index contributed by atoms with van der Waals surface area (Å²) in [4.78, 5) is 19.9. The summed E-state index contributed by atoms with van der Waals surface area (Å²) in [7, 11) is 0. The average molecular weight is 426 g/mol. The van der Waals surface area contributed by atoms with Gasteiger partial charge >= 0.3 is 0 Å². The van der Waals surface area contributed by atoms with Crippen LogP contribution < -0.4 is 15.5 Å². The third-order valence-electron chi connectivity index (χ3n) is 5.69. The van der Waals surface area contributed by atoms with Crippen LogP contribution in [0, 0.1) is 11.3 Å². The lowest BCUT2D eigenvalue weighted by molar-refractivity contribution is -0.118. The predicted octanol–water partition coefficient (Wildman–Crippen LogP) is 4.07. The van der Waals surface area contributed by atoms with Gasteiger partial charge in [0.2, 0.25) is 5.91 Å². The van der Waals surface area contributed by atoms with E-state index in [1.165, 1.54) is 12.8 Å². The van der Waals surface area contributed by atoms with Crippen LogP contribution in [0.3, 0.4) is 0 Å². The smallest absolute Gasteiger partial charge is 0.246 e. The molecule has 32 heavy (non-hydrogen) atoms. The van der Waals surface area contributed by atoms with Crippen LogP contribution in [0.2, 0.25) is 0 Å². The van der Waals surface area contributed by atoms with Crippen molar-refractivity contribution in [2.45, 2.75) is 25.3 Å². The standard InChI is InChI=1S/C26H27N5O/c27-18-21-10-8-20(9-11-21)14-15-28-25(22-6-2-1-3-7-22)26(32)30-23-12-13-24(29-19-23)31-16-4-5-17-31/h1-3,6-13,19,25,28H,4-5,14-17H2,(H,30,32)/t25-/m1/s1. The van der Waals surface area contributed by atoms with E-state index in [4.69, 9.17) is 5.26 Å². The van der Waals surface area contributed by atoms with Crippen molar-refractivity contribution in [2.75, 3.05) is 29.9 Å². The van der Waals surface area contributed by atoms with Crippen LogP contribution in [0.15, 0.2) is 72.9 Å². The van der Waals surface area contributed by atoms with Gasteiger partial charge < -0.3 is 15.5 Å². The molecule has 1 aliphatic heterocycles. The molecule has 162 valence electrons. The lowest BCUT2D eigenvalue weighted by atomic mass is 10.0. The van der Waals surface area contributed by atoms with Crippen molar-refractivity contribution in [3.8, 4) is 6.07 Å². The number of aromatic nitrogens is 1. The van der Waals surface area contributed by atoms with Crippen LogP contribution in [-0.2, 0) is 11.2 Å². The van der Waals surface area contributed by atoms with Gasteiger partial charge in [-0.3, -0.25) is 4.79 Å². The zero-order chi connectivity index (χ0) is 22.2. The number of amides is 1. The summed E-state index contributed by atoms with van der Waals surface area (Å²) >= 11 is 0. The van der Waals surface area contributed by atoms with Gasteiger partial charge in [0.15, 0.2) is 0 Å². The minimum Gasteiger partial charge on any atom is -0.357 e. The van der Waals surface area contributed by atoms with E-state index in [1.54, 1.807) is 6.20 Å². The third kappa shape index (κ3) is 5.51. The lowest BCUT2D eigenvalue weighted by Gasteiger charge is -2.20. The number of hydrogen-bond acceptors (Lipinski definition) is 5. The van der Waals surface area contributed by atoms with E-state index in [1.807, 2.05) is 66.7 Å². The molecule has 1 saturated heterocycles. The number of carbonyl (C=O) groups is 1. The quantitative estimate of drug-likeness (QED) is 0.569. The monoisotopic (exact) mass is 425 g/mol. The van der Waals surface area contributed by atoms with Gasteiger partial charge in [0.05, 0.1) is 23.5 Å². The second-order valence-electron chi connectivity index (χ2n) is 7.95. The minimum atomic E-state index is -0.479. The number of hydrogen-bond donors (Lipinski definition) is 2. The molecule has 2 N–H and O–H groups in total. The van der Waals surface area contributed by atoms with E-state index in [2.05, 4.69) is 26.6 Å². The van der Waals surface area contributed by atoms with Gasteiger partial charge in [-0.1, -0.05) is 42.5 Å². The molecule has 0 saturated carbocycles. The van der Waals surface area contributed by atoms with Gasteiger partial charge in [-0.2, -0.15) is 5.26 Å². The van der Waals surface area contributed by atoms with Crippen LogP contribution in [-0.4, -0.2) is 30.5 Å². The Bertz CT molecular complexity index is 1050. The fraction of sp³-hybridized carbons (Fsp3) is 0.269. The molecule has 4 rings (SSSR count). The summed E-state index contributed by atoms with van der Waals surface area (Å²) < 4.78 is 0. The second-order valence-corrected chi connectivity index (χ2v) is 7.95. The maximum Gasteiger partial charge on any atom is 0.246 e. The number of benzene rings is 2. The molecule has 2 aromatic carbocycles. The predicted molar refractivity (Wildman–Crippen MR) is 126 cm³/mol. The number of anilines is 2. The Morgan fingerprint density at radius 3 is 2.44 bits per heavy atom. The van der Waals surface area contributed by atoms with Crippen LogP contribution in [0.1, 0.15) is 35.6 Å². The van der Waals surface area contributed by atoms with E-state index in [-0.39, 0.29) is 5.91 Å². The number of rotatable bonds is 8. The van der Waals surface area contributed by atoms with E-state index in [0.717, 1.165) is 36.5 Å². The fourth-order valence-electron chi connectivity index (χ4n) is 3.92. The molecule has 0 spiro atoms. The number of nitriles is 1. The van der Waals surface area contributed by atoms with Crippen LogP contribution in [0.4, 0.5) is 11.5 Å². The number of carbonyl (C=O) groups excluding carboxylic acids is 1. The van der Waals surface area contributed by atoms with E-state index < -0.39 is 6.04 Å². The van der Waals surface area contributed by atoms with Crippen molar-refractivity contribution in [2.24, 2.45) is 0 Å². The summed E-state index contributed by atoms with van der Waals surface area (Å²) in [6.45, 7) is 2.71. The van der Waals surface area contributed by atoms with Crippen molar-refractivity contribution in [1.29, 1.82) is 5.26 Å².